The minimum absolute atomic E-state index is 0.0355. The minimum Gasteiger partial charge on any atom is -0.342 e. The molecule has 1 saturated carbocycles. The Kier molecular flexibility index (Phi) is 4.42. The van der Waals surface area contributed by atoms with E-state index < -0.39 is 0 Å². The number of hydrogen-bond acceptors (Lipinski definition) is 3. The molecule has 0 bridgehead atoms. The van der Waals surface area contributed by atoms with Crippen LogP contribution in [0.3, 0.4) is 0 Å². The zero-order chi connectivity index (χ0) is 18.3. The van der Waals surface area contributed by atoms with Crippen molar-refractivity contribution >= 4 is 22.8 Å². The van der Waals surface area contributed by atoms with Crippen molar-refractivity contribution in [2.24, 2.45) is 5.92 Å². The summed E-state index contributed by atoms with van der Waals surface area (Å²) in [7, 11) is 0. The highest BCUT2D eigenvalue weighted by Crippen LogP contribution is 2.31. The van der Waals surface area contributed by atoms with Gasteiger partial charge in [-0.1, -0.05) is 13.8 Å². The van der Waals surface area contributed by atoms with Crippen molar-refractivity contribution in [1.29, 1.82) is 0 Å². The molecule has 1 aromatic heterocycles. The van der Waals surface area contributed by atoms with Gasteiger partial charge in [-0.3, -0.25) is 9.59 Å². The molecular weight excluding hydrogens is 328 g/mol. The molecule has 0 spiro atoms. The molecule has 26 heavy (non-hydrogen) atoms. The summed E-state index contributed by atoms with van der Waals surface area (Å²) in [6.45, 7) is 6.90. The summed E-state index contributed by atoms with van der Waals surface area (Å²) in [5.74, 6) is 1.82. The van der Waals surface area contributed by atoms with E-state index in [9.17, 15) is 9.59 Å². The number of H-pyrrole nitrogens is 1. The topological polar surface area (TPSA) is 69.3 Å². The van der Waals surface area contributed by atoms with Gasteiger partial charge < -0.3 is 14.8 Å². The molecule has 2 heterocycles. The van der Waals surface area contributed by atoms with Gasteiger partial charge in [-0.2, -0.15) is 0 Å². The van der Waals surface area contributed by atoms with E-state index in [0.29, 0.717) is 31.1 Å². The van der Waals surface area contributed by atoms with Crippen LogP contribution in [0.5, 0.6) is 0 Å². The monoisotopic (exact) mass is 354 g/mol. The maximum atomic E-state index is 12.9. The third kappa shape index (κ3) is 3.32. The van der Waals surface area contributed by atoms with Crippen LogP contribution in [0.2, 0.25) is 0 Å². The second-order valence-electron chi connectivity index (χ2n) is 7.75. The second kappa shape index (κ2) is 6.74. The van der Waals surface area contributed by atoms with Crippen LogP contribution in [-0.4, -0.2) is 57.8 Å². The number of aromatic nitrogens is 2. The Hall–Kier alpha value is -2.37. The molecule has 1 N–H and O–H groups in total. The lowest BCUT2D eigenvalue weighted by molar-refractivity contribution is -0.132. The average Bonchev–Trinajstić information content (AvgIpc) is 3.42. The van der Waals surface area contributed by atoms with Crippen LogP contribution in [0.15, 0.2) is 18.2 Å². The number of fused-ring (bicyclic) bond motifs is 1. The highest BCUT2D eigenvalue weighted by atomic mass is 16.2. The zero-order valence-corrected chi connectivity index (χ0v) is 15.5. The maximum Gasteiger partial charge on any atom is 0.253 e. The van der Waals surface area contributed by atoms with Crippen LogP contribution in [0, 0.1) is 5.92 Å². The molecule has 2 aromatic rings. The Morgan fingerprint density at radius 1 is 1.12 bits per heavy atom. The molecule has 2 aliphatic rings. The Balaban J connectivity index is 1.48. The quantitative estimate of drug-likeness (QED) is 0.921. The van der Waals surface area contributed by atoms with Crippen molar-refractivity contribution in [2.45, 2.75) is 39.0 Å². The normalized spacial score (nSPS) is 18.4. The number of amides is 2. The first-order chi connectivity index (χ1) is 12.5. The molecule has 2 amide bonds. The highest BCUT2D eigenvalue weighted by molar-refractivity contribution is 5.97. The first-order valence-electron chi connectivity index (χ1n) is 9.60. The predicted molar refractivity (Wildman–Crippen MR) is 100 cm³/mol. The van der Waals surface area contributed by atoms with E-state index in [4.69, 9.17) is 0 Å². The lowest BCUT2D eigenvalue weighted by atomic mass is 10.1. The average molecular weight is 354 g/mol. The van der Waals surface area contributed by atoms with Crippen LogP contribution >= 0.6 is 0 Å². The van der Waals surface area contributed by atoms with Crippen molar-refractivity contribution in [3.8, 4) is 0 Å². The van der Waals surface area contributed by atoms with Gasteiger partial charge in [-0.05, 0) is 37.5 Å². The van der Waals surface area contributed by atoms with Gasteiger partial charge in [-0.15, -0.1) is 0 Å². The first-order valence-corrected chi connectivity index (χ1v) is 9.60. The summed E-state index contributed by atoms with van der Waals surface area (Å²) in [6.07, 6.45) is 2.90. The Morgan fingerprint density at radius 3 is 2.58 bits per heavy atom. The van der Waals surface area contributed by atoms with Gasteiger partial charge in [0.25, 0.3) is 5.91 Å². The molecule has 1 aliphatic heterocycles. The third-order valence-electron chi connectivity index (χ3n) is 5.32. The number of nitrogens with one attached hydrogen (secondary N) is 1. The van der Waals surface area contributed by atoms with Gasteiger partial charge in [0.15, 0.2) is 0 Å². The summed E-state index contributed by atoms with van der Waals surface area (Å²) in [6, 6.07) is 5.66. The standard InChI is InChI=1S/C20H26N4O2/c1-13(2)18-21-16-7-6-15(12-17(16)22-18)20(26)24-9-3-8-23(10-11-24)19(25)14-4-5-14/h6-7,12-14H,3-5,8-11H2,1-2H3,(H,21,22). The molecule has 4 rings (SSSR count). The van der Waals surface area contributed by atoms with E-state index in [1.54, 1.807) is 0 Å². The first kappa shape index (κ1) is 17.1. The number of imidazole rings is 1. The third-order valence-corrected chi connectivity index (χ3v) is 5.32. The van der Waals surface area contributed by atoms with Gasteiger partial charge >= 0.3 is 0 Å². The lowest BCUT2D eigenvalue weighted by Crippen LogP contribution is -2.37. The van der Waals surface area contributed by atoms with Gasteiger partial charge in [0.1, 0.15) is 5.82 Å². The Morgan fingerprint density at radius 2 is 1.85 bits per heavy atom. The minimum atomic E-state index is 0.0355. The van der Waals surface area contributed by atoms with Crippen molar-refractivity contribution in [3.05, 3.63) is 29.6 Å². The van der Waals surface area contributed by atoms with Crippen LogP contribution in [0.25, 0.3) is 11.0 Å². The molecular formula is C20H26N4O2. The summed E-state index contributed by atoms with van der Waals surface area (Å²) >= 11 is 0. The smallest absolute Gasteiger partial charge is 0.253 e. The molecule has 0 radical (unpaired) electrons. The SMILES string of the molecule is CC(C)c1nc2ccc(C(=O)N3CCCN(C(=O)C4CC4)CC3)cc2[nH]1. The largest absolute Gasteiger partial charge is 0.342 e. The number of carbonyl (C=O) groups is 2. The van der Waals surface area contributed by atoms with E-state index >= 15 is 0 Å². The summed E-state index contributed by atoms with van der Waals surface area (Å²) in [5.41, 5.74) is 2.47. The molecule has 138 valence electrons. The molecule has 6 nitrogen and oxygen atoms in total. The van der Waals surface area contributed by atoms with Crippen molar-refractivity contribution in [1.82, 2.24) is 19.8 Å². The fraction of sp³-hybridized carbons (Fsp3) is 0.550. The summed E-state index contributed by atoms with van der Waals surface area (Å²) in [5, 5.41) is 0. The molecule has 6 heteroatoms. The molecule has 2 fully saturated rings. The number of aromatic amines is 1. The Bertz CT molecular complexity index is 837. The van der Waals surface area contributed by atoms with E-state index in [1.165, 1.54) is 0 Å². The number of nitrogens with zero attached hydrogens (tertiary/aromatic N) is 3. The van der Waals surface area contributed by atoms with Gasteiger partial charge in [0.2, 0.25) is 5.91 Å². The number of rotatable bonds is 3. The number of carbonyl (C=O) groups excluding carboxylic acids is 2. The Labute approximate surface area is 153 Å². The molecule has 1 aliphatic carbocycles. The van der Waals surface area contributed by atoms with Gasteiger partial charge in [0.05, 0.1) is 11.0 Å². The van der Waals surface area contributed by atoms with E-state index in [1.807, 2.05) is 28.0 Å². The van der Waals surface area contributed by atoms with Crippen molar-refractivity contribution < 1.29 is 9.59 Å². The van der Waals surface area contributed by atoms with Crippen LogP contribution in [0.4, 0.5) is 0 Å². The van der Waals surface area contributed by atoms with Crippen molar-refractivity contribution in [3.63, 3.8) is 0 Å². The molecule has 1 saturated heterocycles. The molecule has 0 atom stereocenters. The van der Waals surface area contributed by atoms with Crippen LogP contribution in [-0.2, 0) is 4.79 Å². The molecule has 1 aromatic carbocycles. The number of benzene rings is 1. The highest BCUT2D eigenvalue weighted by Gasteiger charge is 2.34. The maximum absolute atomic E-state index is 12.9. The fourth-order valence-electron chi connectivity index (χ4n) is 3.55. The zero-order valence-electron chi connectivity index (χ0n) is 15.5. The van der Waals surface area contributed by atoms with E-state index in [0.717, 1.165) is 42.7 Å². The van der Waals surface area contributed by atoms with Crippen LogP contribution in [0.1, 0.15) is 55.2 Å². The fourth-order valence-corrected chi connectivity index (χ4v) is 3.55. The van der Waals surface area contributed by atoms with Crippen LogP contribution < -0.4 is 0 Å². The lowest BCUT2D eigenvalue weighted by Gasteiger charge is -2.22. The summed E-state index contributed by atoms with van der Waals surface area (Å²) < 4.78 is 0. The van der Waals surface area contributed by atoms with E-state index in [-0.39, 0.29) is 17.7 Å². The van der Waals surface area contributed by atoms with Gasteiger partial charge in [-0.25, -0.2) is 4.98 Å². The molecule has 0 unspecified atom stereocenters. The second-order valence-corrected chi connectivity index (χ2v) is 7.75. The van der Waals surface area contributed by atoms with Gasteiger partial charge in [0, 0.05) is 43.6 Å². The predicted octanol–water partition coefficient (Wildman–Crippen LogP) is 2.77. The number of hydrogen-bond donors (Lipinski definition) is 1. The summed E-state index contributed by atoms with van der Waals surface area (Å²) in [4.78, 5) is 36.9. The van der Waals surface area contributed by atoms with E-state index in [2.05, 4.69) is 23.8 Å². The van der Waals surface area contributed by atoms with Crippen molar-refractivity contribution in [2.75, 3.05) is 26.2 Å².